The summed E-state index contributed by atoms with van der Waals surface area (Å²) in [5.74, 6) is 0.456. The van der Waals surface area contributed by atoms with Gasteiger partial charge in [0.2, 0.25) is 5.91 Å². The average molecular weight is 270 g/mol. The summed E-state index contributed by atoms with van der Waals surface area (Å²) in [7, 11) is 0. The van der Waals surface area contributed by atoms with E-state index in [-0.39, 0.29) is 17.9 Å². The van der Waals surface area contributed by atoms with Gasteiger partial charge >= 0.3 is 0 Å². The maximum absolute atomic E-state index is 11.7. The zero-order valence-electron chi connectivity index (χ0n) is 10.4. The first-order chi connectivity index (χ1) is 8.56. The van der Waals surface area contributed by atoms with Crippen LogP contribution in [0.5, 0.6) is 5.75 Å². The lowest BCUT2D eigenvalue weighted by Crippen LogP contribution is -2.18. The summed E-state index contributed by atoms with van der Waals surface area (Å²) in [5.41, 5.74) is 0.599. The highest BCUT2D eigenvalue weighted by Gasteiger charge is 2.23. The van der Waals surface area contributed by atoms with Crippen LogP contribution in [0.25, 0.3) is 0 Å². The Kier molecular flexibility index (Phi) is 4.09. The fraction of sp³-hybridized carbons (Fsp3) is 0.462. The van der Waals surface area contributed by atoms with Crippen LogP contribution in [0.4, 0.5) is 5.69 Å². The Balaban J connectivity index is 2.08. The van der Waals surface area contributed by atoms with E-state index in [4.69, 9.17) is 21.1 Å². The monoisotopic (exact) mass is 269 g/mol. The summed E-state index contributed by atoms with van der Waals surface area (Å²) < 4.78 is 10.7. The molecule has 1 amide bonds. The Labute approximate surface area is 111 Å². The Morgan fingerprint density at radius 1 is 1.61 bits per heavy atom. The zero-order valence-corrected chi connectivity index (χ0v) is 11.2. The molecule has 4 nitrogen and oxygen atoms in total. The first kappa shape index (κ1) is 13.2. The molecule has 1 atom stereocenters. The molecule has 18 heavy (non-hydrogen) atoms. The number of hydrogen-bond acceptors (Lipinski definition) is 3. The van der Waals surface area contributed by atoms with Crippen molar-refractivity contribution in [3.63, 3.8) is 0 Å². The highest BCUT2D eigenvalue weighted by atomic mass is 35.5. The number of carbonyl (C=O) groups is 1. The van der Waals surface area contributed by atoms with Crippen LogP contribution in [0.3, 0.4) is 0 Å². The summed E-state index contributed by atoms with van der Waals surface area (Å²) >= 11 is 5.92. The molecular formula is C13H16ClNO3. The van der Waals surface area contributed by atoms with Crippen LogP contribution in [0.2, 0.25) is 5.02 Å². The van der Waals surface area contributed by atoms with Gasteiger partial charge in [-0.1, -0.05) is 25.4 Å². The summed E-state index contributed by atoms with van der Waals surface area (Å²) in [5, 5.41) is 3.37. The fourth-order valence-corrected chi connectivity index (χ4v) is 1.52. The van der Waals surface area contributed by atoms with Gasteiger partial charge < -0.3 is 14.8 Å². The summed E-state index contributed by atoms with van der Waals surface area (Å²) in [6.07, 6.45) is 0.175. The van der Waals surface area contributed by atoms with Crippen LogP contribution in [0.15, 0.2) is 18.2 Å². The maximum atomic E-state index is 11.7. The van der Waals surface area contributed by atoms with Gasteiger partial charge in [-0.2, -0.15) is 0 Å². The Morgan fingerprint density at radius 3 is 2.94 bits per heavy atom. The lowest BCUT2D eigenvalue weighted by Gasteiger charge is -2.13. The second kappa shape index (κ2) is 5.59. The molecule has 2 rings (SSSR count). The molecule has 1 N–H and O–H groups in total. The number of carbonyl (C=O) groups excluding carboxylic acids is 1. The van der Waals surface area contributed by atoms with Gasteiger partial charge in [-0.05, 0) is 18.2 Å². The van der Waals surface area contributed by atoms with Crippen LogP contribution in [0, 0.1) is 5.92 Å². The topological polar surface area (TPSA) is 50.9 Å². The minimum Gasteiger partial charge on any atom is -0.489 e. The van der Waals surface area contributed by atoms with Gasteiger partial charge in [0.25, 0.3) is 0 Å². The quantitative estimate of drug-likeness (QED) is 0.836. The van der Waals surface area contributed by atoms with Crippen molar-refractivity contribution in [2.24, 2.45) is 5.92 Å². The van der Waals surface area contributed by atoms with Gasteiger partial charge in [0.1, 0.15) is 18.5 Å². The third-order valence-electron chi connectivity index (χ3n) is 2.55. The van der Waals surface area contributed by atoms with Gasteiger partial charge in [-0.25, -0.2) is 0 Å². The molecule has 5 heteroatoms. The summed E-state index contributed by atoms with van der Waals surface area (Å²) in [4.78, 5) is 11.7. The minimum absolute atomic E-state index is 0.0650. The molecule has 1 aliphatic rings. The molecular weight excluding hydrogens is 254 g/mol. The smallest absolute Gasteiger partial charge is 0.227 e. The van der Waals surface area contributed by atoms with Crippen molar-refractivity contribution >= 4 is 23.2 Å². The number of halogens is 1. The zero-order chi connectivity index (χ0) is 13.1. The third-order valence-corrected chi connectivity index (χ3v) is 2.79. The van der Waals surface area contributed by atoms with Gasteiger partial charge in [-0.3, -0.25) is 4.79 Å². The maximum Gasteiger partial charge on any atom is 0.227 e. The van der Waals surface area contributed by atoms with Crippen molar-refractivity contribution in [3.05, 3.63) is 23.2 Å². The number of nitrogens with one attached hydrogen (secondary N) is 1. The van der Waals surface area contributed by atoms with E-state index in [1.165, 1.54) is 0 Å². The van der Waals surface area contributed by atoms with Crippen molar-refractivity contribution in [2.45, 2.75) is 20.0 Å². The SMILES string of the molecule is CC(C)C(=O)Nc1cc(Cl)ccc1OCC1CO1. The van der Waals surface area contributed by atoms with Crippen LogP contribution < -0.4 is 10.1 Å². The molecule has 98 valence electrons. The fourth-order valence-electron chi connectivity index (χ4n) is 1.35. The molecule has 1 heterocycles. The van der Waals surface area contributed by atoms with Crippen molar-refractivity contribution in [1.29, 1.82) is 0 Å². The first-order valence-electron chi connectivity index (χ1n) is 5.91. The number of benzene rings is 1. The number of epoxide rings is 1. The lowest BCUT2D eigenvalue weighted by atomic mass is 10.2. The van der Waals surface area contributed by atoms with E-state index in [0.717, 1.165) is 6.61 Å². The van der Waals surface area contributed by atoms with Gasteiger partial charge in [0.05, 0.1) is 12.3 Å². The molecule has 1 fully saturated rings. The van der Waals surface area contributed by atoms with Crippen LogP contribution in [-0.4, -0.2) is 25.2 Å². The molecule has 0 radical (unpaired) electrons. The highest BCUT2D eigenvalue weighted by Crippen LogP contribution is 2.29. The van der Waals surface area contributed by atoms with Crippen molar-refractivity contribution < 1.29 is 14.3 Å². The third kappa shape index (κ3) is 3.62. The number of anilines is 1. The Hall–Kier alpha value is -1.26. The molecule has 0 aliphatic carbocycles. The minimum atomic E-state index is -0.0939. The van der Waals surface area contributed by atoms with E-state index >= 15 is 0 Å². The van der Waals surface area contributed by atoms with E-state index < -0.39 is 0 Å². The van der Waals surface area contributed by atoms with Gasteiger partial charge in [0.15, 0.2) is 0 Å². The molecule has 1 saturated heterocycles. The predicted octanol–water partition coefficient (Wildman–Crippen LogP) is 2.71. The van der Waals surface area contributed by atoms with E-state index in [0.29, 0.717) is 23.1 Å². The highest BCUT2D eigenvalue weighted by molar-refractivity contribution is 6.31. The molecule has 0 saturated carbocycles. The van der Waals surface area contributed by atoms with Crippen LogP contribution in [-0.2, 0) is 9.53 Å². The summed E-state index contributed by atoms with van der Waals surface area (Å²) in [6.45, 7) is 4.89. The molecule has 1 aliphatic heterocycles. The standard InChI is InChI=1S/C13H16ClNO3/c1-8(2)13(16)15-11-5-9(14)3-4-12(11)18-7-10-6-17-10/h3-5,8,10H,6-7H2,1-2H3,(H,15,16). The largest absolute Gasteiger partial charge is 0.489 e. The van der Waals surface area contributed by atoms with Gasteiger partial charge in [-0.15, -0.1) is 0 Å². The number of rotatable bonds is 5. The van der Waals surface area contributed by atoms with Crippen LogP contribution >= 0.6 is 11.6 Å². The second-order valence-electron chi connectivity index (χ2n) is 4.55. The Morgan fingerprint density at radius 2 is 2.33 bits per heavy atom. The predicted molar refractivity (Wildman–Crippen MR) is 70.2 cm³/mol. The normalized spacial score (nSPS) is 17.7. The van der Waals surface area contributed by atoms with E-state index in [1.807, 2.05) is 13.8 Å². The molecule has 1 aromatic carbocycles. The number of hydrogen-bond donors (Lipinski definition) is 1. The summed E-state index contributed by atoms with van der Waals surface area (Å²) in [6, 6.07) is 5.17. The second-order valence-corrected chi connectivity index (χ2v) is 4.99. The van der Waals surface area contributed by atoms with Crippen molar-refractivity contribution in [1.82, 2.24) is 0 Å². The van der Waals surface area contributed by atoms with Crippen molar-refractivity contribution in [2.75, 3.05) is 18.5 Å². The van der Waals surface area contributed by atoms with Crippen molar-refractivity contribution in [3.8, 4) is 5.75 Å². The molecule has 1 unspecified atom stereocenters. The molecule has 0 bridgehead atoms. The lowest BCUT2D eigenvalue weighted by molar-refractivity contribution is -0.118. The molecule has 1 aromatic rings. The number of ether oxygens (including phenoxy) is 2. The first-order valence-corrected chi connectivity index (χ1v) is 6.29. The number of amides is 1. The molecule has 0 spiro atoms. The Bertz CT molecular complexity index is 444. The van der Waals surface area contributed by atoms with E-state index in [1.54, 1.807) is 18.2 Å². The average Bonchev–Trinajstić information content (AvgIpc) is 3.11. The van der Waals surface area contributed by atoms with E-state index in [2.05, 4.69) is 5.32 Å². The van der Waals surface area contributed by atoms with Crippen LogP contribution in [0.1, 0.15) is 13.8 Å². The molecule has 0 aromatic heterocycles. The van der Waals surface area contributed by atoms with Gasteiger partial charge in [0, 0.05) is 10.9 Å². The van der Waals surface area contributed by atoms with E-state index in [9.17, 15) is 4.79 Å².